The Morgan fingerprint density at radius 2 is 2.03 bits per heavy atom. The van der Waals surface area contributed by atoms with Gasteiger partial charge < -0.3 is 14.2 Å². The van der Waals surface area contributed by atoms with Gasteiger partial charge in [-0.15, -0.1) is 0 Å². The highest BCUT2D eigenvalue weighted by atomic mass is 79.9. The number of aryl methyl sites for hydroxylation is 1. The Bertz CT molecular complexity index is 1190. The first kappa shape index (κ1) is 21.5. The van der Waals surface area contributed by atoms with Crippen molar-refractivity contribution in [3.05, 3.63) is 62.6 Å². The van der Waals surface area contributed by atoms with Gasteiger partial charge in [-0.25, -0.2) is 9.78 Å². The van der Waals surface area contributed by atoms with E-state index < -0.39 is 12.1 Å². The third-order valence-electron chi connectivity index (χ3n) is 4.34. The molecule has 3 rings (SSSR count). The predicted molar refractivity (Wildman–Crippen MR) is 117 cm³/mol. The van der Waals surface area contributed by atoms with Crippen LogP contribution in [0.5, 0.6) is 11.5 Å². The highest BCUT2D eigenvalue weighted by Crippen LogP contribution is 2.31. The number of para-hydroxylation sites is 1. The molecule has 2 aromatic carbocycles. The van der Waals surface area contributed by atoms with Crippen LogP contribution in [0.15, 0.2) is 50.8 Å². The van der Waals surface area contributed by atoms with E-state index in [1.807, 2.05) is 6.07 Å². The number of fused-ring (bicyclic) bond motifs is 1. The lowest BCUT2D eigenvalue weighted by Crippen LogP contribution is -2.25. The number of rotatable bonds is 6. The molecule has 0 amide bonds. The number of aromatic nitrogens is 2. The molecule has 1 atom stereocenters. The maximum Gasteiger partial charge on any atom is 0.346 e. The number of nitrogens with zero attached hydrogens (tertiary/aromatic N) is 3. The van der Waals surface area contributed by atoms with Gasteiger partial charge in [0, 0.05) is 10.0 Å². The number of esters is 1. The van der Waals surface area contributed by atoms with Crippen molar-refractivity contribution in [2.24, 2.45) is 5.10 Å². The molecule has 1 aromatic heterocycles. The SMILES string of the molecule is COC(=O)[C@H](C)Oc1c(C=Nn2c(C)nc3ccc(Br)cc3c2=O)cccc1OC. The molecule has 0 bridgehead atoms. The van der Waals surface area contributed by atoms with E-state index in [2.05, 4.69) is 26.0 Å². The van der Waals surface area contributed by atoms with Gasteiger partial charge in [-0.3, -0.25) is 4.79 Å². The first-order valence-corrected chi connectivity index (χ1v) is 9.79. The minimum absolute atomic E-state index is 0.302. The number of halogens is 1. The Morgan fingerprint density at radius 3 is 2.73 bits per heavy atom. The van der Waals surface area contributed by atoms with Crippen LogP contribution in [0.25, 0.3) is 10.9 Å². The molecular formula is C21H20BrN3O5. The summed E-state index contributed by atoms with van der Waals surface area (Å²) in [6.45, 7) is 3.27. The van der Waals surface area contributed by atoms with Crippen LogP contribution in [-0.4, -0.2) is 42.2 Å². The van der Waals surface area contributed by atoms with Gasteiger partial charge in [0.1, 0.15) is 5.82 Å². The molecule has 9 heteroatoms. The summed E-state index contributed by atoms with van der Waals surface area (Å²) in [5.74, 6) is 0.628. The molecule has 0 saturated heterocycles. The van der Waals surface area contributed by atoms with Crippen LogP contribution in [0.3, 0.4) is 0 Å². The predicted octanol–water partition coefficient (Wildman–Crippen LogP) is 3.30. The number of hydrogen-bond donors (Lipinski definition) is 0. The number of ether oxygens (including phenoxy) is 3. The maximum atomic E-state index is 12.9. The molecule has 8 nitrogen and oxygen atoms in total. The Hall–Kier alpha value is -3.20. The summed E-state index contributed by atoms with van der Waals surface area (Å²) in [5.41, 5.74) is 0.804. The van der Waals surface area contributed by atoms with Crippen LogP contribution in [0.2, 0.25) is 0 Å². The van der Waals surface area contributed by atoms with Gasteiger partial charge in [-0.05, 0) is 44.2 Å². The molecule has 30 heavy (non-hydrogen) atoms. The fourth-order valence-corrected chi connectivity index (χ4v) is 3.19. The number of carbonyl (C=O) groups is 1. The highest BCUT2D eigenvalue weighted by molar-refractivity contribution is 9.10. The summed E-state index contributed by atoms with van der Waals surface area (Å²) >= 11 is 3.37. The van der Waals surface area contributed by atoms with Gasteiger partial charge in [0.05, 0.1) is 31.3 Å². The molecule has 0 N–H and O–H groups in total. The summed E-state index contributed by atoms with van der Waals surface area (Å²) in [6, 6.07) is 10.5. The first-order chi connectivity index (χ1) is 14.3. The minimum Gasteiger partial charge on any atom is -0.493 e. The molecule has 0 radical (unpaired) electrons. The second kappa shape index (κ2) is 9.08. The fraction of sp³-hybridized carbons (Fsp3) is 0.238. The first-order valence-electron chi connectivity index (χ1n) is 9.00. The third-order valence-corrected chi connectivity index (χ3v) is 4.83. The molecule has 1 heterocycles. The van der Waals surface area contributed by atoms with Crippen molar-refractivity contribution in [1.29, 1.82) is 0 Å². The molecule has 156 valence electrons. The zero-order chi connectivity index (χ0) is 21.8. The van der Waals surface area contributed by atoms with E-state index in [-0.39, 0.29) is 5.56 Å². The number of methoxy groups -OCH3 is 2. The summed E-state index contributed by atoms with van der Waals surface area (Å²) in [6.07, 6.45) is 0.601. The van der Waals surface area contributed by atoms with Gasteiger partial charge in [-0.1, -0.05) is 22.0 Å². The van der Waals surface area contributed by atoms with E-state index in [1.165, 1.54) is 25.1 Å². The Morgan fingerprint density at radius 1 is 1.27 bits per heavy atom. The minimum atomic E-state index is -0.859. The number of hydrogen-bond acceptors (Lipinski definition) is 7. The highest BCUT2D eigenvalue weighted by Gasteiger charge is 2.19. The van der Waals surface area contributed by atoms with E-state index in [0.717, 1.165) is 4.47 Å². The number of carbonyl (C=O) groups excluding carboxylic acids is 1. The molecule has 0 aliphatic carbocycles. The average molecular weight is 474 g/mol. The van der Waals surface area contributed by atoms with Crippen LogP contribution in [-0.2, 0) is 9.53 Å². The van der Waals surface area contributed by atoms with Gasteiger partial charge in [-0.2, -0.15) is 9.78 Å². The third kappa shape index (κ3) is 4.35. The van der Waals surface area contributed by atoms with E-state index in [4.69, 9.17) is 14.2 Å². The van der Waals surface area contributed by atoms with E-state index in [9.17, 15) is 9.59 Å². The molecule has 0 unspecified atom stereocenters. The largest absolute Gasteiger partial charge is 0.493 e. The van der Waals surface area contributed by atoms with Crippen LogP contribution in [0, 0.1) is 6.92 Å². The van der Waals surface area contributed by atoms with E-state index in [1.54, 1.807) is 44.2 Å². The molecule has 0 saturated carbocycles. The van der Waals surface area contributed by atoms with Crippen LogP contribution < -0.4 is 15.0 Å². The molecule has 0 fully saturated rings. The van der Waals surface area contributed by atoms with Gasteiger partial charge in [0.2, 0.25) is 0 Å². The van der Waals surface area contributed by atoms with Crippen LogP contribution in [0.1, 0.15) is 18.3 Å². The summed E-state index contributed by atoms with van der Waals surface area (Å²) < 4.78 is 17.8. The fourth-order valence-electron chi connectivity index (χ4n) is 2.83. The van der Waals surface area contributed by atoms with E-state index in [0.29, 0.717) is 33.8 Å². The summed E-state index contributed by atoms with van der Waals surface area (Å²) in [5, 5.41) is 4.75. The van der Waals surface area contributed by atoms with Crippen LogP contribution >= 0.6 is 15.9 Å². The quantitative estimate of drug-likeness (QED) is 0.402. The number of benzene rings is 2. The maximum absolute atomic E-state index is 12.9. The van der Waals surface area contributed by atoms with Gasteiger partial charge >= 0.3 is 5.97 Å². The second-order valence-corrected chi connectivity index (χ2v) is 7.26. The van der Waals surface area contributed by atoms with Crippen molar-refractivity contribution in [2.45, 2.75) is 20.0 Å². The zero-order valence-corrected chi connectivity index (χ0v) is 18.5. The Kier molecular flexibility index (Phi) is 6.51. The Balaban J connectivity index is 2.06. The van der Waals surface area contributed by atoms with E-state index >= 15 is 0 Å². The van der Waals surface area contributed by atoms with Crippen molar-refractivity contribution in [2.75, 3.05) is 14.2 Å². The van der Waals surface area contributed by atoms with Gasteiger partial charge in [0.15, 0.2) is 17.6 Å². The summed E-state index contributed by atoms with van der Waals surface area (Å²) in [7, 11) is 2.78. The second-order valence-electron chi connectivity index (χ2n) is 6.34. The zero-order valence-electron chi connectivity index (χ0n) is 16.9. The smallest absolute Gasteiger partial charge is 0.346 e. The molecule has 0 spiro atoms. The molecule has 3 aromatic rings. The normalized spacial score (nSPS) is 12.2. The van der Waals surface area contributed by atoms with Crippen LogP contribution in [0.4, 0.5) is 0 Å². The lowest BCUT2D eigenvalue weighted by molar-refractivity contribution is -0.147. The lowest BCUT2D eigenvalue weighted by Gasteiger charge is -2.17. The van der Waals surface area contributed by atoms with Gasteiger partial charge in [0.25, 0.3) is 5.56 Å². The molecular weight excluding hydrogens is 454 g/mol. The monoisotopic (exact) mass is 473 g/mol. The van der Waals surface area contributed by atoms with Crippen molar-refractivity contribution in [1.82, 2.24) is 9.66 Å². The standard InChI is InChI=1S/C21H20BrN3O5/c1-12(21(27)29-4)30-19-14(6-5-7-18(19)28-3)11-23-25-13(2)24-17-9-8-15(22)10-16(17)20(25)26/h5-12H,1-4H3/t12-/m0/s1. The summed E-state index contributed by atoms with van der Waals surface area (Å²) in [4.78, 5) is 29.1. The average Bonchev–Trinajstić information content (AvgIpc) is 2.74. The lowest BCUT2D eigenvalue weighted by atomic mass is 10.2. The molecule has 0 aliphatic heterocycles. The van der Waals surface area contributed by atoms with Crippen molar-refractivity contribution in [3.63, 3.8) is 0 Å². The van der Waals surface area contributed by atoms with Crippen molar-refractivity contribution in [3.8, 4) is 11.5 Å². The molecule has 0 aliphatic rings. The topological polar surface area (TPSA) is 92.0 Å². The van der Waals surface area contributed by atoms with Crippen molar-refractivity contribution < 1.29 is 19.0 Å². The van der Waals surface area contributed by atoms with Crippen molar-refractivity contribution >= 4 is 39.0 Å². The Labute approximate surface area is 181 Å².